The van der Waals surface area contributed by atoms with Crippen LogP contribution in [0.25, 0.3) is 0 Å². The minimum absolute atomic E-state index is 0.203. The van der Waals surface area contributed by atoms with Gasteiger partial charge >= 0.3 is 0 Å². The van der Waals surface area contributed by atoms with Gasteiger partial charge in [-0.3, -0.25) is 4.21 Å². The highest BCUT2D eigenvalue weighted by molar-refractivity contribution is 7.84. The maximum atomic E-state index is 12.4. The van der Waals surface area contributed by atoms with Gasteiger partial charge in [0.25, 0.3) is 5.89 Å². The van der Waals surface area contributed by atoms with Crippen LogP contribution < -0.4 is 0 Å². The van der Waals surface area contributed by atoms with Crippen LogP contribution >= 0.6 is 23.2 Å². The molecule has 0 radical (unpaired) electrons. The summed E-state index contributed by atoms with van der Waals surface area (Å²) < 4.78 is 22.2. The number of aromatic nitrogens is 2. The van der Waals surface area contributed by atoms with E-state index in [1.165, 1.54) is 7.11 Å². The minimum Gasteiger partial charge on any atom is -0.375 e. The van der Waals surface area contributed by atoms with Gasteiger partial charge in [0.2, 0.25) is 0 Å². The molecule has 1 heterocycles. The van der Waals surface area contributed by atoms with Crippen molar-refractivity contribution in [2.24, 2.45) is 0 Å². The molecule has 114 valence electrons. The van der Waals surface area contributed by atoms with Gasteiger partial charge in [0.05, 0.1) is 21.0 Å². The molecule has 0 bridgehead atoms. The van der Waals surface area contributed by atoms with Crippen molar-refractivity contribution in [3.63, 3.8) is 0 Å². The fraction of sp³-hybridized carbons (Fsp3) is 0.385. The summed E-state index contributed by atoms with van der Waals surface area (Å²) in [6.45, 7) is 2.09. The zero-order chi connectivity index (χ0) is 15.4. The van der Waals surface area contributed by atoms with Crippen molar-refractivity contribution in [2.75, 3.05) is 7.11 Å². The molecule has 0 saturated carbocycles. The molecule has 0 unspecified atom stereocenters. The molecule has 0 saturated heterocycles. The van der Waals surface area contributed by atoms with Gasteiger partial charge in [0.15, 0.2) is 5.82 Å². The summed E-state index contributed by atoms with van der Waals surface area (Å²) in [5.74, 6) is 0.966. The van der Waals surface area contributed by atoms with Crippen LogP contribution in [0.4, 0.5) is 0 Å². The standard InChI is InChI=1S/C13H14Cl2N2O3S/c1-8(9-3-4-10(14)11(15)5-9)21(18)7-12-16-13(6-19-2)20-17-12/h3-5,8H,6-7H2,1-2H3/t8-,21-/m1/s1. The summed E-state index contributed by atoms with van der Waals surface area (Å²) >= 11 is 11.9. The molecule has 0 aliphatic rings. The van der Waals surface area contributed by atoms with Crippen molar-refractivity contribution in [3.05, 3.63) is 45.5 Å². The molecule has 0 aliphatic carbocycles. The van der Waals surface area contributed by atoms with Gasteiger partial charge < -0.3 is 9.26 Å². The number of rotatable bonds is 6. The first kappa shape index (κ1) is 16.4. The number of benzene rings is 1. The second kappa shape index (κ2) is 7.35. The molecule has 0 spiro atoms. The third-order valence-corrected chi connectivity index (χ3v) is 5.20. The van der Waals surface area contributed by atoms with Gasteiger partial charge in [0.1, 0.15) is 6.61 Å². The summed E-state index contributed by atoms with van der Waals surface area (Å²) in [4.78, 5) is 4.10. The SMILES string of the molecule is COCc1nc(C[S@@](=O)[C@H](C)c2ccc(Cl)c(Cl)c2)no1. The molecule has 2 aromatic rings. The van der Waals surface area contributed by atoms with Gasteiger partial charge in [-0.1, -0.05) is 34.4 Å². The monoisotopic (exact) mass is 348 g/mol. The third kappa shape index (κ3) is 4.26. The predicted molar refractivity (Wildman–Crippen MR) is 81.7 cm³/mol. The maximum Gasteiger partial charge on any atom is 0.252 e. The third-order valence-electron chi connectivity index (χ3n) is 2.86. The van der Waals surface area contributed by atoms with Crippen LogP contribution in [0.1, 0.15) is 29.5 Å². The molecular weight excluding hydrogens is 335 g/mol. The van der Waals surface area contributed by atoms with E-state index < -0.39 is 10.8 Å². The number of methoxy groups -OCH3 is 1. The summed E-state index contributed by atoms with van der Waals surface area (Å²) in [6.07, 6.45) is 0. The van der Waals surface area contributed by atoms with Crippen LogP contribution in [0.3, 0.4) is 0 Å². The van der Waals surface area contributed by atoms with Crippen molar-refractivity contribution in [1.82, 2.24) is 10.1 Å². The summed E-state index contributed by atoms with van der Waals surface area (Å²) in [7, 11) is 0.336. The number of hydrogen-bond donors (Lipinski definition) is 0. The van der Waals surface area contributed by atoms with E-state index in [2.05, 4.69) is 10.1 Å². The maximum absolute atomic E-state index is 12.4. The molecular formula is C13H14Cl2N2O3S. The van der Waals surface area contributed by atoms with E-state index >= 15 is 0 Å². The topological polar surface area (TPSA) is 65.2 Å². The van der Waals surface area contributed by atoms with Crippen LogP contribution in [-0.2, 0) is 27.9 Å². The normalized spacial score (nSPS) is 14.1. The average molecular weight is 349 g/mol. The first-order valence-electron chi connectivity index (χ1n) is 6.13. The lowest BCUT2D eigenvalue weighted by Crippen LogP contribution is -2.06. The average Bonchev–Trinajstić information content (AvgIpc) is 2.88. The van der Waals surface area contributed by atoms with Crippen LogP contribution in [0.5, 0.6) is 0 Å². The fourth-order valence-electron chi connectivity index (χ4n) is 1.70. The van der Waals surface area contributed by atoms with E-state index in [1.54, 1.807) is 12.1 Å². The Kier molecular flexibility index (Phi) is 5.75. The lowest BCUT2D eigenvalue weighted by atomic mass is 10.2. The van der Waals surface area contributed by atoms with Crippen LogP contribution in [0.15, 0.2) is 22.7 Å². The van der Waals surface area contributed by atoms with E-state index in [0.717, 1.165) is 5.56 Å². The first-order valence-corrected chi connectivity index (χ1v) is 8.27. The Bertz CT molecular complexity index is 648. The molecule has 5 nitrogen and oxygen atoms in total. The molecule has 0 fully saturated rings. The van der Waals surface area contributed by atoms with Gasteiger partial charge in [-0.25, -0.2) is 0 Å². The number of ether oxygens (including phenoxy) is 1. The Morgan fingerprint density at radius 1 is 1.38 bits per heavy atom. The predicted octanol–water partition coefficient (Wildman–Crippen LogP) is 3.53. The van der Waals surface area contributed by atoms with Gasteiger partial charge in [-0.05, 0) is 24.6 Å². The minimum atomic E-state index is -1.20. The van der Waals surface area contributed by atoms with Crippen molar-refractivity contribution in [1.29, 1.82) is 0 Å². The van der Waals surface area contributed by atoms with Gasteiger partial charge in [-0.15, -0.1) is 0 Å². The van der Waals surface area contributed by atoms with E-state index in [4.69, 9.17) is 32.5 Å². The highest BCUT2D eigenvalue weighted by Crippen LogP contribution is 2.28. The van der Waals surface area contributed by atoms with E-state index in [-0.39, 0.29) is 17.6 Å². The molecule has 2 rings (SSSR count). The van der Waals surface area contributed by atoms with Crippen LogP contribution in [-0.4, -0.2) is 21.5 Å². The molecule has 2 atom stereocenters. The smallest absolute Gasteiger partial charge is 0.252 e. The van der Waals surface area contributed by atoms with Gasteiger partial charge in [0, 0.05) is 17.9 Å². The summed E-state index contributed by atoms with van der Waals surface area (Å²) in [6, 6.07) is 5.22. The van der Waals surface area contributed by atoms with Crippen molar-refractivity contribution >= 4 is 34.0 Å². The van der Waals surface area contributed by atoms with Crippen molar-refractivity contribution < 1.29 is 13.5 Å². The van der Waals surface area contributed by atoms with E-state index in [0.29, 0.717) is 21.8 Å². The molecule has 1 aromatic heterocycles. The Labute approximate surface area is 135 Å². The second-order valence-electron chi connectivity index (χ2n) is 4.38. The zero-order valence-corrected chi connectivity index (χ0v) is 13.8. The Morgan fingerprint density at radius 2 is 2.14 bits per heavy atom. The number of halogens is 2. The highest BCUT2D eigenvalue weighted by atomic mass is 35.5. The molecule has 21 heavy (non-hydrogen) atoms. The zero-order valence-electron chi connectivity index (χ0n) is 11.5. The summed E-state index contributed by atoms with van der Waals surface area (Å²) in [5.41, 5.74) is 0.850. The lowest BCUT2D eigenvalue weighted by molar-refractivity contribution is 0.151. The molecule has 0 N–H and O–H groups in total. The Hall–Kier alpha value is -0.950. The van der Waals surface area contributed by atoms with Crippen molar-refractivity contribution in [2.45, 2.75) is 24.5 Å². The van der Waals surface area contributed by atoms with Gasteiger partial charge in [-0.2, -0.15) is 4.98 Å². The fourth-order valence-corrected chi connectivity index (χ4v) is 3.08. The Balaban J connectivity index is 2.06. The lowest BCUT2D eigenvalue weighted by Gasteiger charge is -2.11. The second-order valence-corrected chi connectivity index (χ2v) is 6.95. The summed E-state index contributed by atoms with van der Waals surface area (Å²) in [5, 5.41) is 4.48. The van der Waals surface area contributed by atoms with Crippen molar-refractivity contribution in [3.8, 4) is 0 Å². The Morgan fingerprint density at radius 3 is 2.81 bits per heavy atom. The van der Waals surface area contributed by atoms with E-state index in [1.807, 2.05) is 13.0 Å². The number of hydrogen-bond acceptors (Lipinski definition) is 5. The van der Waals surface area contributed by atoms with E-state index in [9.17, 15) is 4.21 Å². The first-order chi connectivity index (χ1) is 10.0. The van der Waals surface area contributed by atoms with Crippen LogP contribution in [0, 0.1) is 0 Å². The molecule has 8 heteroatoms. The molecule has 0 aliphatic heterocycles. The molecule has 1 aromatic carbocycles. The molecule has 0 amide bonds. The largest absolute Gasteiger partial charge is 0.375 e. The quantitative estimate of drug-likeness (QED) is 0.798. The number of nitrogens with zero attached hydrogens (tertiary/aromatic N) is 2. The van der Waals surface area contributed by atoms with Crippen LogP contribution in [0.2, 0.25) is 10.0 Å². The highest BCUT2D eigenvalue weighted by Gasteiger charge is 2.18.